The molecule has 200 valence electrons. The van der Waals surface area contributed by atoms with E-state index in [1.54, 1.807) is 12.1 Å². The van der Waals surface area contributed by atoms with Crippen molar-refractivity contribution in [1.29, 1.82) is 0 Å². The van der Waals surface area contributed by atoms with Gasteiger partial charge in [-0.1, -0.05) is 43.9 Å². The van der Waals surface area contributed by atoms with Crippen LogP contribution in [-0.4, -0.2) is 15.0 Å². The van der Waals surface area contributed by atoms with Crippen LogP contribution in [0.2, 0.25) is 0 Å². The Morgan fingerprint density at radius 3 is 2.41 bits per heavy atom. The topological polar surface area (TPSA) is 55.4 Å². The van der Waals surface area contributed by atoms with Crippen LogP contribution in [0.15, 0.2) is 53.4 Å². The molecule has 0 amide bonds. The SMILES string of the molecule is Cc1ccc(S(=O)(=O)Nc2ccc(OC[C@@]34CCC[C@H]3[C@@H]3CC[C@H]5CCCC[C@]5(C)[C@H]3CC4)cc2)cc1. The summed E-state index contributed by atoms with van der Waals surface area (Å²) in [6.45, 7) is 5.40. The van der Waals surface area contributed by atoms with Crippen molar-refractivity contribution in [2.24, 2.45) is 34.5 Å². The molecular weight excluding hydrogens is 478 g/mol. The van der Waals surface area contributed by atoms with Crippen molar-refractivity contribution in [2.45, 2.75) is 89.4 Å². The molecule has 4 saturated carbocycles. The van der Waals surface area contributed by atoms with Crippen LogP contribution in [0.25, 0.3) is 0 Å². The minimum atomic E-state index is -3.60. The summed E-state index contributed by atoms with van der Waals surface area (Å²) in [5.74, 6) is 4.42. The van der Waals surface area contributed by atoms with E-state index in [-0.39, 0.29) is 4.90 Å². The monoisotopic (exact) mass is 521 g/mol. The molecule has 0 spiro atoms. The molecular formula is C32H43NO3S. The maximum atomic E-state index is 12.7. The van der Waals surface area contributed by atoms with E-state index >= 15 is 0 Å². The second kappa shape index (κ2) is 9.63. The van der Waals surface area contributed by atoms with E-state index in [0.717, 1.165) is 41.6 Å². The van der Waals surface area contributed by atoms with Gasteiger partial charge in [0.15, 0.2) is 0 Å². The highest BCUT2D eigenvalue weighted by Gasteiger charge is 2.58. The average Bonchev–Trinajstić information content (AvgIpc) is 3.33. The van der Waals surface area contributed by atoms with Crippen molar-refractivity contribution in [3.63, 3.8) is 0 Å². The van der Waals surface area contributed by atoms with Gasteiger partial charge in [0.2, 0.25) is 0 Å². The number of hydrogen-bond acceptors (Lipinski definition) is 3. The summed E-state index contributed by atoms with van der Waals surface area (Å²) >= 11 is 0. The maximum absolute atomic E-state index is 12.7. The number of sulfonamides is 1. The highest BCUT2D eigenvalue weighted by Crippen LogP contribution is 2.66. The van der Waals surface area contributed by atoms with E-state index < -0.39 is 10.0 Å². The van der Waals surface area contributed by atoms with Gasteiger partial charge in [-0.2, -0.15) is 0 Å². The highest BCUT2D eigenvalue weighted by molar-refractivity contribution is 7.92. The second-order valence-corrected chi connectivity index (χ2v) is 14.6. The largest absolute Gasteiger partial charge is 0.493 e. The Labute approximate surface area is 223 Å². The van der Waals surface area contributed by atoms with E-state index in [1.807, 2.05) is 43.3 Å². The number of aryl methyl sites for hydroxylation is 1. The molecule has 37 heavy (non-hydrogen) atoms. The molecule has 4 aliphatic rings. The first kappa shape index (κ1) is 25.3. The number of rotatable bonds is 6. The lowest BCUT2D eigenvalue weighted by molar-refractivity contribution is -0.115. The van der Waals surface area contributed by atoms with Crippen molar-refractivity contribution >= 4 is 15.7 Å². The molecule has 4 fully saturated rings. The standard InChI is InChI=1S/C32H43NO3S/c1-23-8-15-27(16-9-23)37(34,35)33-25-11-13-26(14-12-25)36-22-32-20-5-7-30(32)28-17-10-24-6-3-4-19-31(24,2)29(28)18-21-32/h8-9,11-16,24,28-30,33H,3-7,10,17-22H2,1-2H3/t24-,28-,29+,30+,31+,32+/m1/s1. The number of anilines is 1. The van der Waals surface area contributed by atoms with Crippen LogP contribution < -0.4 is 9.46 Å². The summed E-state index contributed by atoms with van der Waals surface area (Å²) in [4.78, 5) is 0.275. The lowest BCUT2D eigenvalue weighted by atomic mass is 9.45. The van der Waals surface area contributed by atoms with Crippen molar-refractivity contribution in [3.05, 3.63) is 54.1 Å². The summed E-state index contributed by atoms with van der Waals surface area (Å²) in [5, 5.41) is 0. The smallest absolute Gasteiger partial charge is 0.261 e. The quantitative estimate of drug-likeness (QED) is 0.419. The molecule has 6 atom stereocenters. The molecule has 0 unspecified atom stereocenters. The van der Waals surface area contributed by atoms with Crippen LogP contribution >= 0.6 is 0 Å². The fraction of sp³-hybridized carbons (Fsp3) is 0.625. The molecule has 5 heteroatoms. The Hall–Kier alpha value is -2.01. The summed E-state index contributed by atoms with van der Waals surface area (Å²) < 4.78 is 34.6. The predicted molar refractivity (Wildman–Crippen MR) is 149 cm³/mol. The average molecular weight is 522 g/mol. The van der Waals surface area contributed by atoms with Crippen LogP contribution in [0, 0.1) is 41.4 Å². The van der Waals surface area contributed by atoms with Gasteiger partial charge in [0, 0.05) is 11.1 Å². The van der Waals surface area contributed by atoms with E-state index in [0.29, 0.717) is 16.5 Å². The van der Waals surface area contributed by atoms with Crippen LogP contribution in [0.3, 0.4) is 0 Å². The maximum Gasteiger partial charge on any atom is 0.261 e. The Kier molecular flexibility index (Phi) is 6.58. The normalized spacial score (nSPS) is 35.2. The predicted octanol–water partition coefficient (Wildman–Crippen LogP) is 7.98. The van der Waals surface area contributed by atoms with Crippen molar-refractivity contribution in [3.8, 4) is 5.75 Å². The minimum absolute atomic E-state index is 0.275. The second-order valence-electron chi connectivity index (χ2n) is 12.9. The Bertz CT molecular complexity index is 1210. The molecule has 4 aliphatic carbocycles. The summed E-state index contributed by atoms with van der Waals surface area (Å²) in [6.07, 6.45) is 15.4. The van der Waals surface area contributed by atoms with E-state index in [2.05, 4.69) is 11.6 Å². The first-order chi connectivity index (χ1) is 17.8. The Balaban J connectivity index is 1.11. The third-order valence-electron chi connectivity index (χ3n) is 11.1. The molecule has 6 rings (SSSR count). The lowest BCUT2D eigenvalue weighted by Gasteiger charge is -2.60. The van der Waals surface area contributed by atoms with Crippen molar-refractivity contribution in [2.75, 3.05) is 11.3 Å². The summed E-state index contributed by atoms with van der Waals surface area (Å²) in [6, 6.07) is 14.4. The first-order valence-electron chi connectivity index (χ1n) is 14.6. The first-order valence-corrected chi connectivity index (χ1v) is 16.1. The molecule has 0 aliphatic heterocycles. The molecule has 0 saturated heterocycles. The van der Waals surface area contributed by atoms with Crippen LogP contribution in [0.1, 0.15) is 83.1 Å². The van der Waals surface area contributed by atoms with Gasteiger partial charge in [-0.3, -0.25) is 4.72 Å². The Morgan fingerprint density at radius 2 is 1.62 bits per heavy atom. The zero-order valence-electron chi connectivity index (χ0n) is 22.5. The number of nitrogens with one attached hydrogen (secondary N) is 1. The summed E-state index contributed by atoms with van der Waals surface area (Å²) in [7, 11) is -3.60. The Morgan fingerprint density at radius 1 is 0.838 bits per heavy atom. The number of ether oxygens (including phenoxy) is 1. The van der Waals surface area contributed by atoms with E-state index in [1.165, 1.54) is 70.6 Å². The van der Waals surface area contributed by atoms with Gasteiger partial charge in [-0.25, -0.2) is 8.42 Å². The van der Waals surface area contributed by atoms with Crippen LogP contribution in [0.4, 0.5) is 5.69 Å². The van der Waals surface area contributed by atoms with E-state index in [9.17, 15) is 8.42 Å². The van der Waals surface area contributed by atoms with E-state index in [4.69, 9.17) is 4.74 Å². The third kappa shape index (κ3) is 4.60. The van der Waals surface area contributed by atoms with Gasteiger partial charge >= 0.3 is 0 Å². The number of benzene rings is 2. The zero-order valence-corrected chi connectivity index (χ0v) is 23.4. The third-order valence-corrected chi connectivity index (χ3v) is 12.5. The van der Waals surface area contributed by atoms with Crippen molar-refractivity contribution in [1.82, 2.24) is 0 Å². The zero-order chi connectivity index (χ0) is 25.7. The van der Waals surface area contributed by atoms with Crippen LogP contribution in [0.5, 0.6) is 5.75 Å². The van der Waals surface area contributed by atoms with Gasteiger partial charge in [0.05, 0.1) is 11.5 Å². The van der Waals surface area contributed by atoms with Gasteiger partial charge in [-0.05, 0) is 124 Å². The number of hydrogen-bond donors (Lipinski definition) is 1. The molecule has 4 nitrogen and oxygen atoms in total. The lowest BCUT2D eigenvalue weighted by Crippen LogP contribution is -2.53. The molecule has 1 N–H and O–H groups in total. The van der Waals surface area contributed by atoms with Gasteiger partial charge in [-0.15, -0.1) is 0 Å². The molecule has 0 radical (unpaired) electrons. The molecule has 0 bridgehead atoms. The fourth-order valence-electron chi connectivity index (χ4n) is 9.12. The van der Waals surface area contributed by atoms with Crippen molar-refractivity contribution < 1.29 is 13.2 Å². The van der Waals surface area contributed by atoms with Crippen LogP contribution in [-0.2, 0) is 10.0 Å². The fourth-order valence-corrected chi connectivity index (χ4v) is 10.2. The number of fused-ring (bicyclic) bond motifs is 5. The minimum Gasteiger partial charge on any atom is -0.493 e. The molecule has 2 aromatic carbocycles. The molecule has 0 aromatic heterocycles. The van der Waals surface area contributed by atoms with Gasteiger partial charge in [0.25, 0.3) is 10.0 Å². The summed E-state index contributed by atoms with van der Waals surface area (Å²) in [5.41, 5.74) is 2.50. The molecule has 2 aromatic rings. The van der Waals surface area contributed by atoms with Gasteiger partial charge in [0.1, 0.15) is 5.75 Å². The molecule has 0 heterocycles. The van der Waals surface area contributed by atoms with Gasteiger partial charge < -0.3 is 4.74 Å². The highest BCUT2D eigenvalue weighted by atomic mass is 32.2.